The molecule has 1 aromatic heterocycles. The Morgan fingerprint density at radius 2 is 1.73 bits per heavy atom. The zero-order valence-corrected chi connectivity index (χ0v) is 19.8. The van der Waals surface area contributed by atoms with Crippen LogP contribution in [0.15, 0.2) is 36.4 Å². The van der Waals surface area contributed by atoms with Crippen LogP contribution in [0.25, 0.3) is 11.3 Å². The number of benzene rings is 1. The molecule has 0 radical (unpaired) electrons. The quantitative estimate of drug-likeness (QED) is 0.677. The summed E-state index contributed by atoms with van der Waals surface area (Å²) in [7, 11) is 0. The van der Waals surface area contributed by atoms with E-state index in [0.29, 0.717) is 6.54 Å². The fraction of sp³-hybridized carbons (Fsp3) is 0.577. The second-order valence-electron chi connectivity index (χ2n) is 9.60. The monoisotopic (exact) mass is 448 g/mol. The Kier molecular flexibility index (Phi) is 6.88. The van der Waals surface area contributed by atoms with Gasteiger partial charge in [-0.15, -0.1) is 10.2 Å². The second-order valence-corrected chi connectivity index (χ2v) is 9.60. The van der Waals surface area contributed by atoms with Crippen LogP contribution < -0.4 is 4.90 Å². The summed E-state index contributed by atoms with van der Waals surface area (Å²) < 4.78 is 0. The van der Waals surface area contributed by atoms with Crippen molar-refractivity contribution < 1.29 is 4.79 Å². The summed E-state index contributed by atoms with van der Waals surface area (Å²) in [5.74, 6) is 1.21. The number of rotatable bonds is 6. The van der Waals surface area contributed by atoms with E-state index in [-0.39, 0.29) is 5.91 Å². The van der Waals surface area contributed by atoms with E-state index < -0.39 is 0 Å². The van der Waals surface area contributed by atoms with Crippen molar-refractivity contribution in [3.8, 4) is 11.3 Å². The van der Waals surface area contributed by atoms with Crippen LogP contribution in [0.4, 0.5) is 5.82 Å². The van der Waals surface area contributed by atoms with Crippen LogP contribution in [-0.2, 0) is 11.2 Å². The van der Waals surface area contributed by atoms with Crippen molar-refractivity contribution in [1.29, 1.82) is 0 Å². The van der Waals surface area contributed by atoms with Crippen molar-refractivity contribution in [3.05, 3.63) is 42.0 Å². The molecule has 0 unspecified atom stereocenters. The minimum Gasteiger partial charge on any atom is -0.353 e. The van der Waals surface area contributed by atoms with E-state index in [4.69, 9.17) is 0 Å². The first-order chi connectivity index (χ1) is 16.2. The van der Waals surface area contributed by atoms with E-state index in [1.165, 1.54) is 24.8 Å². The summed E-state index contributed by atoms with van der Waals surface area (Å²) in [6.45, 7) is 10.1. The number of piperazine rings is 2. The van der Waals surface area contributed by atoms with E-state index >= 15 is 0 Å². The molecule has 3 fully saturated rings. The van der Waals surface area contributed by atoms with Crippen LogP contribution in [0.1, 0.15) is 31.7 Å². The topological polar surface area (TPSA) is 55.8 Å². The zero-order valence-electron chi connectivity index (χ0n) is 19.8. The Bertz CT molecular complexity index is 928. The van der Waals surface area contributed by atoms with Gasteiger partial charge < -0.3 is 9.80 Å². The van der Waals surface area contributed by atoms with Gasteiger partial charge in [0.25, 0.3) is 0 Å². The maximum atomic E-state index is 12.8. The second kappa shape index (κ2) is 10.2. The van der Waals surface area contributed by atoms with Crippen LogP contribution in [0.3, 0.4) is 0 Å². The van der Waals surface area contributed by atoms with E-state index in [9.17, 15) is 4.79 Å². The fourth-order valence-corrected chi connectivity index (χ4v) is 5.11. The average molecular weight is 449 g/mol. The summed E-state index contributed by atoms with van der Waals surface area (Å²) >= 11 is 0. The molecule has 2 aromatic rings. The number of aryl methyl sites for hydroxylation is 1. The first-order valence-corrected chi connectivity index (χ1v) is 12.6. The molecule has 1 aromatic carbocycles. The predicted octanol–water partition coefficient (Wildman–Crippen LogP) is 2.52. The van der Waals surface area contributed by atoms with Crippen molar-refractivity contribution in [2.45, 2.75) is 38.6 Å². The highest BCUT2D eigenvalue weighted by Gasteiger charge is 2.30. The fourth-order valence-electron chi connectivity index (χ4n) is 5.11. The number of aromatic nitrogens is 2. The van der Waals surface area contributed by atoms with Gasteiger partial charge in [-0.2, -0.15) is 0 Å². The highest BCUT2D eigenvalue weighted by molar-refractivity contribution is 5.78. The van der Waals surface area contributed by atoms with Gasteiger partial charge in [-0.05, 0) is 43.0 Å². The molecule has 0 spiro atoms. The molecule has 0 bridgehead atoms. The normalized spacial score (nSPS) is 20.6. The lowest BCUT2D eigenvalue weighted by Gasteiger charge is -2.43. The molecule has 2 saturated heterocycles. The maximum Gasteiger partial charge on any atom is 0.236 e. The molecular formula is C26H36N6O. The molecule has 33 heavy (non-hydrogen) atoms. The molecule has 3 heterocycles. The van der Waals surface area contributed by atoms with Crippen molar-refractivity contribution >= 4 is 11.7 Å². The van der Waals surface area contributed by atoms with Crippen LogP contribution in [-0.4, -0.2) is 95.7 Å². The lowest BCUT2D eigenvalue weighted by molar-refractivity contribution is -0.134. The number of hydrogen-bond donors (Lipinski definition) is 0. The largest absolute Gasteiger partial charge is 0.353 e. The van der Waals surface area contributed by atoms with Crippen LogP contribution in [0, 0.1) is 0 Å². The molecule has 0 N–H and O–H groups in total. The van der Waals surface area contributed by atoms with Gasteiger partial charge in [-0.25, -0.2) is 0 Å². The summed E-state index contributed by atoms with van der Waals surface area (Å²) in [4.78, 5) is 22.0. The highest BCUT2D eigenvalue weighted by Crippen LogP contribution is 2.25. The van der Waals surface area contributed by atoms with Gasteiger partial charge in [0.05, 0.1) is 12.2 Å². The molecule has 0 atom stereocenters. The standard InChI is InChI=1S/C26H36N6O/c1-2-21-5-3-6-22(19-21)24-9-10-25(28-27-24)31-13-11-29(12-14-31)20-26(33)32-17-15-30(16-18-32)23-7-4-8-23/h3,5-6,9-10,19,23H,2,4,7-8,11-18,20H2,1H3. The molecule has 3 aliphatic rings. The number of anilines is 1. The predicted molar refractivity (Wildman–Crippen MR) is 131 cm³/mol. The summed E-state index contributed by atoms with van der Waals surface area (Å²) in [6.07, 6.45) is 5.08. The number of nitrogens with zero attached hydrogens (tertiary/aromatic N) is 6. The van der Waals surface area contributed by atoms with Crippen molar-refractivity contribution in [1.82, 2.24) is 24.9 Å². The summed E-state index contributed by atoms with van der Waals surface area (Å²) in [6, 6.07) is 13.4. The lowest BCUT2D eigenvalue weighted by atomic mass is 9.91. The first kappa shape index (κ1) is 22.3. The molecule has 1 amide bonds. The van der Waals surface area contributed by atoms with Gasteiger partial charge in [0.2, 0.25) is 5.91 Å². The Morgan fingerprint density at radius 3 is 2.36 bits per heavy atom. The van der Waals surface area contributed by atoms with Gasteiger partial charge in [-0.1, -0.05) is 31.5 Å². The van der Waals surface area contributed by atoms with E-state index in [0.717, 1.165) is 81.9 Å². The molecule has 1 aliphatic carbocycles. The van der Waals surface area contributed by atoms with Gasteiger partial charge >= 0.3 is 0 Å². The lowest BCUT2D eigenvalue weighted by Crippen LogP contribution is -2.56. The molecule has 1 saturated carbocycles. The zero-order chi connectivity index (χ0) is 22.6. The van der Waals surface area contributed by atoms with Gasteiger partial charge in [0, 0.05) is 64.0 Å². The SMILES string of the molecule is CCc1cccc(-c2ccc(N3CCN(CC(=O)N4CCN(C5CCC5)CC4)CC3)nn2)c1. The van der Waals surface area contributed by atoms with Gasteiger partial charge in [0.1, 0.15) is 0 Å². The Labute approximate surface area is 197 Å². The summed E-state index contributed by atoms with van der Waals surface area (Å²) in [5.41, 5.74) is 3.34. The van der Waals surface area contributed by atoms with Crippen LogP contribution >= 0.6 is 0 Å². The smallest absolute Gasteiger partial charge is 0.236 e. The third-order valence-corrected chi connectivity index (χ3v) is 7.59. The molecule has 7 heteroatoms. The molecule has 5 rings (SSSR count). The van der Waals surface area contributed by atoms with Crippen LogP contribution in [0.2, 0.25) is 0 Å². The maximum absolute atomic E-state index is 12.8. The molecule has 176 valence electrons. The minimum absolute atomic E-state index is 0.287. The van der Waals surface area contributed by atoms with Crippen molar-refractivity contribution in [3.63, 3.8) is 0 Å². The van der Waals surface area contributed by atoms with E-state index in [2.05, 4.69) is 73.1 Å². The van der Waals surface area contributed by atoms with E-state index in [1.807, 2.05) is 0 Å². The highest BCUT2D eigenvalue weighted by atomic mass is 16.2. The molecular weight excluding hydrogens is 412 g/mol. The number of carbonyl (C=O) groups is 1. The minimum atomic E-state index is 0.287. The average Bonchev–Trinajstić information content (AvgIpc) is 2.84. The Hall–Kier alpha value is -2.51. The third kappa shape index (κ3) is 5.20. The van der Waals surface area contributed by atoms with Gasteiger partial charge in [0.15, 0.2) is 5.82 Å². The third-order valence-electron chi connectivity index (χ3n) is 7.59. The van der Waals surface area contributed by atoms with Crippen LogP contribution in [0.5, 0.6) is 0 Å². The molecule has 2 aliphatic heterocycles. The Balaban J connectivity index is 1.09. The molecule has 7 nitrogen and oxygen atoms in total. The first-order valence-electron chi connectivity index (χ1n) is 12.6. The van der Waals surface area contributed by atoms with Crippen molar-refractivity contribution in [2.24, 2.45) is 0 Å². The number of carbonyl (C=O) groups excluding carboxylic acids is 1. The Morgan fingerprint density at radius 1 is 0.939 bits per heavy atom. The number of hydrogen-bond acceptors (Lipinski definition) is 6. The van der Waals surface area contributed by atoms with Crippen molar-refractivity contribution in [2.75, 3.05) is 63.8 Å². The van der Waals surface area contributed by atoms with E-state index in [1.54, 1.807) is 0 Å². The number of amides is 1. The van der Waals surface area contributed by atoms with Gasteiger partial charge in [-0.3, -0.25) is 14.6 Å². The summed E-state index contributed by atoms with van der Waals surface area (Å²) in [5, 5.41) is 8.99.